The van der Waals surface area contributed by atoms with Crippen LogP contribution in [0.25, 0.3) is 0 Å². The van der Waals surface area contributed by atoms with Gasteiger partial charge in [-0.3, -0.25) is 0 Å². The van der Waals surface area contributed by atoms with Gasteiger partial charge in [-0.25, -0.2) is 9.59 Å². The summed E-state index contributed by atoms with van der Waals surface area (Å²) in [5.74, 6) is -1.96. The highest BCUT2D eigenvalue weighted by molar-refractivity contribution is 5.79. The first kappa shape index (κ1) is 44.8. The summed E-state index contributed by atoms with van der Waals surface area (Å²) in [6.07, 6.45) is 46.7. The van der Waals surface area contributed by atoms with Crippen LogP contribution in [-0.2, 0) is 9.59 Å². The van der Waals surface area contributed by atoms with Crippen LogP contribution < -0.4 is 0 Å². The van der Waals surface area contributed by atoms with Crippen molar-refractivity contribution < 1.29 is 24.9 Å². The number of carboxylic acid groups (broad SMARTS) is 2. The molecule has 3 rings (SSSR count). The van der Waals surface area contributed by atoms with Crippen molar-refractivity contribution in [3.63, 3.8) is 0 Å². The van der Waals surface area contributed by atoms with Crippen molar-refractivity contribution in [2.75, 3.05) is 7.11 Å². The normalized spacial score (nSPS) is 18.8. The van der Waals surface area contributed by atoms with E-state index in [-0.39, 0.29) is 0 Å². The van der Waals surface area contributed by atoms with Crippen LogP contribution in [0.4, 0.5) is 0 Å². The van der Waals surface area contributed by atoms with Gasteiger partial charge in [0.25, 0.3) is 0 Å². The Labute approximate surface area is 261 Å². The third-order valence-electron chi connectivity index (χ3n) is 7.85. The van der Waals surface area contributed by atoms with Gasteiger partial charge in [0.1, 0.15) is 0 Å². The van der Waals surface area contributed by atoms with Crippen molar-refractivity contribution in [3.8, 4) is 0 Å². The molecular weight excluding hydrogens is 524 g/mol. The molecule has 0 aliphatic heterocycles. The van der Waals surface area contributed by atoms with Gasteiger partial charge in [-0.2, -0.15) is 0 Å². The number of carboxylic acids is 2. The van der Waals surface area contributed by atoms with Gasteiger partial charge in [0.2, 0.25) is 0 Å². The number of hydrogen-bond donors (Lipinski definition) is 3. The molecule has 3 N–H and O–H groups in total. The maximum absolute atomic E-state index is 9.25. The Morgan fingerprint density at radius 3 is 0.405 bits per heavy atom. The lowest BCUT2D eigenvalue weighted by Crippen LogP contribution is -1.85. The zero-order valence-corrected chi connectivity index (χ0v) is 27.9. The molecule has 0 aromatic carbocycles. The molecule has 0 spiro atoms. The van der Waals surface area contributed by atoms with Crippen LogP contribution in [0.2, 0.25) is 0 Å². The number of aliphatic hydroxyl groups is 1. The van der Waals surface area contributed by atoms with E-state index in [9.17, 15) is 9.59 Å². The van der Waals surface area contributed by atoms with Crippen LogP contribution >= 0.6 is 0 Å². The molecule has 0 bridgehead atoms. The average Bonchev–Trinajstić information content (AvgIpc) is 3.04. The second-order valence-electron chi connectivity index (χ2n) is 11.7. The van der Waals surface area contributed by atoms with Gasteiger partial charge in [-0.05, 0) is 0 Å². The summed E-state index contributed by atoms with van der Waals surface area (Å²) in [7, 11) is 1.00. The molecule has 0 saturated heterocycles. The summed E-state index contributed by atoms with van der Waals surface area (Å²) < 4.78 is 0. The first-order chi connectivity index (χ1) is 20.5. The van der Waals surface area contributed by atoms with E-state index < -0.39 is 11.9 Å². The highest BCUT2D eigenvalue weighted by Gasteiger charge is 1.97. The molecule has 42 heavy (non-hydrogen) atoms. The Morgan fingerprint density at radius 1 is 0.333 bits per heavy atom. The van der Waals surface area contributed by atoms with Gasteiger partial charge in [0.05, 0.1) is 0 Å². The summed E-state index contributed by atoms with van der Waals surface area (Å²) >= 11 is 0. The lowest BCUT2D eigenvalue weighted by Gasteiger charge is -2.05. The Morgan fingerprint density at radius 2 is 0.381 bits per heavy atom. The van der Waals surface area contributed by atoms with Gasteiger partial charge in [0.15, 0.2) is 0 Å². The van der Waals surface area contributed by atoms with E-state index in [2.05, 4.69) is 13.2 Å². The summed E-state index contributed by atoms with van der Waals surface area (Å²) in [4.78, 5) is 18.5. The zero-order valence-electron chi connectivity index (χ0n) is 27.9. The van der Waals surface area contributed by atoms with Gasteiger partial charge in [0, 0.05) is 19.3 Å². The maximum Gasteiger partial charge on any atom is 0.327 e. The fraction of sp³-hybridized carbons (Fsp3) is 0.838. The highest BCUT2D eigenvalue weighted by atomic mass is 16.4. The van der Waals surface area contributed by atoms with E-state index in [4.69, 9.17) is 15.3 Å². The highest BCUT2D eigenvalue weighted by Crippen LogP contribution is 2.17. The van der Waals surface area contributed by atoms with Crippen LogP contribution in [0, 0.1) is 0 Å². The molecule has 0 atom stereocenters. The minimum Gasteiger partial charge on any atom is -0.478 e. The van der Waals surface area contributed by atoms with E-state index in [0.29, 0.717) is 0 Å². The number of aliphatic carboxylic acids is 2. The predicted molar refractivity (Wildman–Crippen MR) is 182 cm³/mol. The van der Waals surface area contributed by atoms with Crippen LogP contribution in [0.3, 0.4) is 0 Å². The second kappa shape index (κ2) is 43.8. The second-order valence-corrected chi connectivity index (χ2v) is 11.7. The maximum atomic E-state index is 9.25. The van der Waals surface area contributed by atoms with Gasteiger partial charge >= 0.3 is 11.9 Å². The first-order valence-corrected chi connectivity index (χ1v) is 17.7. The van der Waals surface area contributed by atoms with Crippen molar-refractivity contribution in [1.29, 1.82) is 0 Å². The molecule has 3 aliphatic rings. The predicted octanol–water partition coefficient (Wildman–Crippen LogP) is 11.8. The van der Waals surface area contributed by atoms with Crippen LogP contribution in [0.1, 0.15) is 193 Å². The van der Waals surface area contributed by atoms with Crippen molar-refractivity contribution in [2.45, 2.75) is 193 Å². The molecule has 0 heterocycles. The van der Waals surface area contributed by atoms with E-state index in [1.807, 2.05) is 0 Å². The molecule has 0 amide bonds. The fourth-order valence-corrected chi connectivity index (χ4v) is 5.30. The molecule has 0 aromatic heterocycles. The monoisotopic (exact) mass is 597 g/mol. The average molecular weight is 597 g/mol. The first-order valence-electron chi connectivity index (χ1n) is 17.7. The summed E-state index contributed by atoms with van der Waals surface area (Å²) in [6.45, 7) is 5.92. The van der Waals surface area contributed by atoms with Gasteiger partial charge < -0.3 is 15.3 Å². The van der Waals surface area contributed by atoms with Crippen LogP contribution in [0.5, 0.6) is 0 Å². The topological polar surface area (TPSA) is 94.8 Å². The zero-order chi connectivity index (χ0) is 31.8. The number of aliphatic hydroxyl groups excluding tert-OH is 1. The number of hydrogen-bond acceptors (Lipinski definition) is 3. The van der Waals surface area contributed by atoms with Gasteiger partial charge in [-0.1, -0.05) is 206 Å². The number of carbonyl (C=O) groups is 2. The minimum atomic E-state index is -0.981. The molecule has 5 heteroatoms. The SMILES string of the molecule is C1CCCCCCCCC1.C1CCCCCCCCC1.C1CCCCCCCCC1.C=CC(=O)O.C=CC(=O)O.CO. The van der Waals surface area contributed by atoms with E-state index in [0.717, 1.165) is 19.3 Å². The molecule has 0 aromatic rings. The lowest BCUT2D eigenvalue weighted by atomic mass is 10.0. The molecule has 3 saturated carbocycles. The van der Waals surface area contributed by atoms with Crippen molar-refractivity contribution in [2.24, 2.45) is 0 Å². The standard InChI is InChI=1S/3C10H20.2C3H4O2.CH4O/c3*1-2-4-6-8-10-9-7-5-3-1;2*1-2-3(4)5;1-2/h3*1-10H2;2*2H,1H2,(H,4,5);2H,1H3. The Balaban J connectivity index is -0.000000460. The van der Waals surface area contributed by atoms with Crippen LogP contribution in [0.15, 0.2) is 25.3 Å². The smallest absolute Gasteiger partial charge is 0.327 e. The lowest BCUT2D eigenvalue weighted by molar-refractivity contribution is -0.132. The molecule has 3 fully saturated rings. The van der Waals surface area contributed by atoms with Crippen LogP contribution in [-0.4, -0.2) is 34.4 Å². The summed E-state index contributed by atoms with van der Waals surface area (Å²) in [6, 6.07) is 0. The Kier molecular flexibility index (Phi) is 46.8. The van der Waals surface area contributed by atoms with Crippen molar-refractivity contribution in [1.82, 2.24) is 0 Å². The third kappa shape index (κ3) is 51.1. The number of rotatable bonds is 2. The Bertz CT molecular complexity index is 381. The largest absolute Gasteiger partial charge is 0.478 e. The molecule has 0 radical (unpaired) electrons. The molecule has 250 valence electrons. The minimum absolute atomic E-state index is 0.833. The van der Waals surface area contributed by atoms with Crippen molar-refractivity contribution in [3.05, 3.63) is 25.3 Å². The van der Waals surface area contributed by atoms with Crippen molar-refractivity contribution >= 4 is 11.9 Å². The molecule has 5 nitrogen and oxygen atoms in total. The molecule has 3 aliphatic carbocycles. The van der Waals surface area contributed by atoms with E-state index in [1.165, 1.54) is 193 Å². The quantitative estimate of drug-likeness (QED) is 0.276. The Hall–Kier alpha value is -1.62. The molecule has 0 unspecified atom stereocenters. The summed E-state index contributed by atoms with van der Waals surface area (Å²) in [5.41, 5.74) is 0. The fourth-order valence-electron chi connectivity index (χ4n) is 5.30. The summed E-state index contributed by atoms with van der Waals surface area (Å²) in [5, 5.41) is 22.2. The van der Waals surface area contributed by atoms with E-state index in [1.54, 1.807) is 0 Å². The van der Waals surface area contributed by atoms with Gasteiger partial charge in [-0.15, -0.1) is 0 Å². The van der Waals surface area contributed by atoms with E-state index >= 15 is 0 Å². The third-order valence-corrected chi connectivity index (χ3v) is 7.85. The molecular formula is C37H72O5.